The lowest BCUT2D eigenvalue weighted by atomic mass is 9.83. The Morgan fingerprint density at radius 2 is 1.91 bits per heavy atom. The maximum Gasteiger partial charge on any atom is 0.294 e. The Morgan fingerprint density at radius 3 is 2.58 bits per heavy atom. The van der Waals surface area contributed by atoms with Crippen molar-refractivity contribution in [2.45, 2.75) is 69.3 Å². The Balaban J connectivity index is 1.30. The molecule has 12 heteroatoms. The molecule has 3 aliphatic rings. The monoisotopic (exact) mass is 597 g/mol. The Kier molecular flexibility index (Phi) is 7.49. The summed E-state index contributed by atoms with van der Waals surface area (Å²) in [4.78, 5) is 42.2. The first-order chi connectivity index (χ1) is 20.6. The van der Waals surface area contributed by atoms with Gasteiger partial charge in [0.05, 0.1) is 24.2 Å². The number of nitrogens with one attached hydrogen (secondary N) is 2. The number of hydrogen-bond donors (Lipinski definition) is 2. The molecule has 43 heavy (non-hydrogen) atoms. The molecule has 3 amide bonds. The van der Waals surface area contributed by atoms with E-state index in [2.05, 4.69) is 10.6 Å². The molecule has 1 aliphatic heterocycles. The van der Waals surface area contributed by atoms with E-state index in [0.717, 1.165) is 25.3 Å². The van der Waals surface area contributed by atoms with Crippen LogP contribution in [-0.2, 0) is 16.1 Å². The number of carbonyl (C=O) groups is 3. The lowest BCUT2D eigenvalue weighted by Gasteiger charge is -2.48. The van der Waals surface area contributed by atoms with Crippen molar-refractivity contribution in [3.05, 3.63) is 58.9 Å². The van der Waals surface area contributed by atoms with Gasteiger partial charge in [-0.2, -0.15) is 0 Å². The zero-order chi connectivity index (χ0) is 30.5. The van der Waals surface area contributed by atoms with E-state index in [9.17, 15) is 23.2 Å². The van der Waals surface area contributed by atoms with Gasteiger partial charge in [0.25, 0.3) is 11.8 Å². The van der Waals surface area contributed by atoms with Gasteiger partial charge in [-0.25, -0.2) is 8.78 Å². The molecule has 2 N–H and O–H groups in total. The van der Waals surface area contributed by atoms with Crippen molar-refractivity contribution in [3.8, 4) is 11.5 Å². The molecule has 0 spiro atoms. The van der Waals surface area contributed by atoms with Crippen LogP contribution in [0.2, 0.25) is 0 Å². The van der Waals surface area contributed by atoms with Crippen LogP contribution in [0.5, 0.6) is 11.5 Å². The number of halogens is 2. The molecule has 2 saturated carbocycles. The molecule has 10 nitrogen and oxygen atoms in total. The second-order valence-corrected chi connectivity index (χ2v) is 11.5. The molecule has 2 fully saturated rings. The molecule has 228 valence electrons. The summed E-state index contributed by atoms with van der Waals surface area (Å²) in [7, 11) is 2.90. The Morgan fingerprint density at radius 1 is 1.14 bits per heavy atom. The highest BCUT2D eigenvalue weighted by molar-refractivity contribution is 6.06. The predicted octanol–water partition coefficient (Wildman–Crippen LogP) is 4.09. The molecule has 6 rings (SSSR count). The van der Waals surface area contributed by atoms with Crippen LogP contribution in [0.25, 0.3) is 11.0 Å². The van der Waals surface area contributed by atoms with Crippen LogP contribution in [0.1, 0.15) is 65.5 Å². The van der Waals surface area contributed by atoms with Crippen molar-refractivity contribution in [3.63, 3.8) is 0 Å². The van der Waals surface area contributed by atoms with Crippen molar-refractivity contribution in [1.82, 2.24) is 15.5 Å². The van der Waals surface area contributed by atoms with Crippen molar-refractivity contribution in [1.29, 1.82) is 0 Å². The second kappa shape index (κ2) is 11.1. The van der Waals surface area contributed by atoms with Crippen LogP contribution in [0.4, 0.5) is 8.78 Å². The summed E-state index contributed by atoms with van der Waals surface area (Å²) in [6, 6.07) is 6.89. The Labute approximate surface area is 246 Å². The van der Waals surface area contributed by atoms with E-state index < -0.39 is 29.0 Å². The molecular weight excluding hydrogens is 564 g/mol. The third-order valence-corrected chi connectivity index (χ3v) is 8.85. The van der Waals surface area contributed by atoms with Gasteiger partial charge in [-0.3, -0.25) is 14.4 Å². The third-order valence-electron chi connectivity index (χ3n) is 8.85. The van der Waals surface area contributed by atoms with E-state index in [4.69, 9.17) is 18.6 Å². The molecule has 2 aliphatic carbocycles. The molecular formula is C31H33F2N3O7. The zero-order valence-corrected chi connectivity index (χ0v) is 24.1. The quantitative estimate of drug-likeness (QED) is 0.402. The fourth-order valence-electron chi connectivity index (χ4n) is 5.91. The molecule has 1 aromatic heterocycles. The SMILES string of the molecule is COc1ccc(F)c(F)c1CNC(=O)C1(C)COc2c(oc3cc(C(=O)NC4CCC4)ccc23)C(=O)N1C1CC(OC)C1. The maximum absolute atomic E-state index is 14.6. The smallest absolute Gasteiger partial charge is 0.294 e. The zero-order valence-electron chi connectivity index (χ0n) is 24.1. The topological polar surface area (TPSA) is 119 Å². The van der Waals surface area contributed by atoms with Crippen LogP contribution in [0.15, 0.2) is 34.7 Å². The molecule has 0 radical (unpaired) electrons. The van der Waals surface area contributed by atoms with Gasteiger partial charge in [0.2, 0.25) is 11.7 Å². The van der Waals surface area contributed by atoms with Crippen LogP contribution < -0.4 is 20.1 Å². The molecule has 2 heterocycles. The number of methoxy groups -OCH3 is 2. The number of benzene rings is 2. The minimum atomic E-state index is -1.55. The first-order valence-electron chi connectivity index (χ1n) is 14.3. The number of carbonyl (C=O) groups excluding carboxylic acids is 3. The minimum absolute atomic E-state index is 0.0720. The molecule has 2 aromatic carbocycles. The van der Waals surface area contributed by atoms with Gasteiger partial charge in [0.15, 0.2) is 22.9 Å². The van der Waals surface area contributed by atoms with Crippen LogP contribution in [0.3, 0.4) is 0 Å². The number of ether oxygens (including phenoxy) is 3. The number of hydrogen-bond acceptors (Lipinski definition) is 7. The fourth-order valence-corrected chi connectivity index (χ4v) is 5.91. The van der Waals surface area contributed by atoms with Gasteiger partial charge in [0, 0.05) is 31.3 Å². The van der Waals surface area contributed by atoms with Crippen LogP contribution in [-0.4, -0.2) is 67.2 Å². The van der Waals surface area contributed by atoms with E-state index in [1.54, 1.807) is 32.2 Å². The highest BCUT2D eigenvalue weighted by atomic mass is 19.2. The number of fused-ring (bicyclic) bond motifs is 3. The van der Waals surface area contributed by atoms with Crippen molar-refractivity contribution in [2.75, 3.05) is 20.8 Å². The van der Waals surface area contributed by atoms with Gasteiger partial charge in [-0.1, -0.05) is 0 Å². The fraction of sp³-hybridized carbons (Fsp3) is 0.452. The van der Waals surface area contributed by atoms with Gasteiger partial charge in [-0.05, 0) is 69.4 Å². The Bertz CT molecular complexity index is 1600. The largest absolute Gasteiger partial charge is 0.496 e. The maximum atomic E-state index is 14.6. The molecule has 1 atom stereocenters. The van der Waals surface area contributed by atoms with Gasteiger partial charge < -0.3 is 34.2 Å². The number of nitrogens with zero attached hydrogens (tertiary/aromatic N) is 1. The first kappa shape index (κ1) is 28.9. The highest BCUT2D eigenvalue weighted by Gasteiger charge is 2.53. The van der Waals surface area contributed by atoms with E-state index in [1.165, 1.54) is 18.1 Å². The number of rotatable bonds is 8. The summed E-state index contributed by atoms with van der Waals surface area (Å²) >= 11 is 0. The molecule has 0 bridgehead atoms. The molecule has 1 unspecified atom stereocenters. The van der Waals surface area contributed by atoms with Crippen molar-refractivity contribution < 1.29 is 41.8 Å². The first-order valence-corrected chi connectivity index (χ1v) is 14.3. The van der Waals surface area contributed by atoms with Gasteiger partial charge >= 0.3 is 0 Å². The van der Waals surface area contributed by atoms with Crippen LogP contribution in [0, 0.1) is 11.6 Å². The summed E-state index contributed by atoms with van der Waals surface area (Å²) < 4.78 is 51.3. The van der Waals surface area contributed by atoms with E-state index in [1.807, 2.05) is 0 Å². The average molecular weight is 598 g/mol. The van der Waals surface area contributed by atoms with Gasteiger partial charge in [0.1, 0.15) is 17.9 Å². The summed E-state index contributed by atoms with van der Waals surface area (Å²) in [5.74, 6) is -3.46. The van der Waals surface area contributed by atoms with E-state index in [-0.39, 0.29) is 60.1 Å². The second-order valence-electron chi connectivity index (χ2n) is 11.5. The summed E-state index contributed by atoms with van der Waals surface area (Å²) in [5.41, 5.74) is -0.998. The summed E-state index contributed by atoms with van der Waals surface area (Å²) in [6.07, 6.45) is 3.86. The minimum Gasteiger partial charge on any atom is -0.496 e. The average Bonchev–Trinajstić information content (AvgIpc) is 3.28. The van der Waals surface area contributed by atoms with Crippen molar-refractivity contribution in [2.24, 2.45) is 0 Å². The third kappa shape index (κ3) is 4.97. The lowest BCUT2D eigenvalue weighted by molar-refractivity contribution is -0.138. The summed E-state index contributed by atoms with van der Waals surface area (Å²) in [6.45, 7) is 0.941. The van der Waals surface area contributed by atoms with Crippen molar-refractivity contribution >= 4 is 28.7 Å². The van der Waals surface area contributed by atoms with E-state index >= 15 is 0 Å². The summed E-state index contributed by atoms with van der Waals surface area (Å²) in [5, 5.41) is 6.13. The molecule has 3 aromatic rings. The Hall–Kier alpha value is -4.19. The van der Waals surface area contributed by atoms with E-state index in [0.29, 0.717) is 29.4 Å². The normalized spacial score (nSPS) is 23.5. The number of amides is 3. The van der Waals surface area contributed by atoms with Gasteiger partial charge in [-0.15, -0.1) is 0 Å². The lowest BCUT2D eigenvalue weighted by Crippen LogP contribution is -2.66. The number of furan rings is 1. The standard InChI is InChI=1S/C31H33F2N3O7/c1-31(30(39)34-14-21-23(41-3)10-9-22(32)25(21)33)15-42-26-20-8-7-16(28(37)35-17-5-4-6-17)11-24(20)43-27(26)29(38)36(31)18-12-19(13-18)40-2/h7-11,17-19H,4-6,12-15H2,1-3H3,(H,34,39)(H,35,37). The van der Waals surface area contributed by atoms with Crippen LogP contribution >= 0.6 is 0 Å². The highest BCUT2D eigenvalue weighted by Crippen LogP contribution is 2.42. The predicted molar refractivity (Wildman–Crippen MR) is 150 cm³/mol. The molecule has 0 saturated heterocycles.